The normalized spacial score (nSPS) is 20.1. The molecule has 1 aliphatic carbocycles. The third-order valence-corrected chi connectivity index (χ3v) is 6.45. The molecule has 3 atom stereocenters. The van der Waals surface area contributed by atoms with Gasteiger partial charge in [-0.2, -0.15) is 0 Å². The second kappa shape index (κ2) is 9.91. The van der Waals surface area contributed by atoms with Gasteiger partial charge in [-0.1, -0.05) is 49.7 Å². The molecule has 0 bridgehead atoms. The Kier molecular flexibility index (Phi) is 7.30. The molecule has 0 spiro atoms. The van der Waals surface area contributed by atoms with Gasteiger partial charge in [-0.05, 0) is 37.8 Å². The number of hydrogen-bond donors (Lipinski definition) is 2. The summed E-state index contributed by atoms with van der Waals surface area (Å²) in [6, 6.07) is 9.05. The van der Waals surface area contributed by atoms with Gasteiger partial charge in [-0.15, -0.1) is 10.2 Å². The van der Waals surface area contributed by atoms with Gasteiger partial charge in [0.1, 0.15) is 0 Å². The molecule has 1 aromatic heterocycles. The van der Waals surface area contributed by atoms with Crippen LogP contribution in [0.25, 0.3) is 0 Å². The average molecular weight is 416 g/mol. The van der Waals surface area contributed by atoms with E-state index in [0.29, 0.717) is 28.2 Å². The van der Waals surface area contributed by atoms with Crippen molar-refractivity contribution in [3.8, 4) is 0 Å². The van der Waals surface area contributed by atoms with E-state index in [4.69, 9.17) is 0 Å². The summed E-state index contributed by atoms with van der Waals surface area (Å²) in [7, 11) is 1.85. The van der Waals surface area contributed by atoms with Crippen molar-refractivity contribution >= 4 is 23.6 Å². The van der Waals surface area contributed by atoms with Crippen LogP contribution >= 0.6 is 11.8 Å². The van der Waals surface area contributed by atoms with E-state index < -0.39 is 0 Å². The highest BCUT2D eigenvalue weighted by atomic mass is 32.2. The summed E-state index contributed by atoms with van der Waals surface area (Å²) in [6.07, 6.45) is 4.67. The van der Waals surface area contributed by atoms with Gasteiger partial charge in [0.05, 0.1) is 11.8 Å². The quantitative estimate of drug-likeness (QED) is 0.679. The summed E-state index contributed by atoms with van der Waals surface area (Å²) in [4.78, 5) is 24.7. The molecule has 1 heterocycles. The third kappa shape index (κ3) is 5.59. The first kappa shape index (κ1) is 21.4. The summed E-state index contributed by atoms with van der Waals surface area (Å²) < 4.78 is 1.83. The molecule has 0 unspecified atom stereocenters. The van der Waals surface area contributed by atoms with E-state index in [-0.39, 0.29) is 23.9 Å². The lowest BCUT2D eigenvalue weighted by molar-refractivity contribution is -0.119. The SMILES string of the molecule is C[C@H](NC(=O)c1ccccc1)c1nnc(SCC(=O)N[C@H]2CCCC[C@H]2C)n1C. The minimum atomic E-state index is -0.300. The van der Waals surface area contributed by atoms with Crippen LogP contribution in [0.3, 0.4) is 0 Å². The Bertz CT molecular complexity index is 839. The molecule has 1 aromatic carbocycles. The van der Waals surface area contributed by atoms with Crippen LogP contribution in [-0.2, 0) is 11.8 Å². The van der Waals surface area contributed by atoms with Gasteiger partial charge in [0.2, 0.25) is 5.91 Å². The number of rotatable bonds is 7. The van der Waals surface area contributed by atoms with Crippen LogP contribution in [-0.4, -0.2) is 38.4 Å². The maximum atomic E-state index is 12.4. The second-order valence-corrected chi connectivity index (χ2v) is 8.63. The highest BCUT2D eigenvalue weighted by Crippen LogP contribution is 2.24. The minimum Gasteiger partial charge on any atom is -0.352 e. The monoisotopic (exact) mass is 415 g/mol. The van der Waals surface area contributed by atoms with Crippen molar-refractivity contribution in [2.75, 3.05) is 5.75 Å². The summed E-state index contributed by atoms with van der Waals surface area (Å²) in [5, 5.41) is 15.2. The Morgan fingerprint density at radius 2 is 1.93 bits per heavy atom. The fourth-order valence-corrected chi connectivity index (χ4v) is 4.40. The van der Waals surface area contributed by atoms with Crippen LogP contribution < -0.4 is 10.6 Å². The van der Waals surface area contributed by atoms with Crippen LogP contribution in [0.2, 0.25) is 0 Å². The summed E-state index contributed by atoms with van der Waals surface area (Å²) in [5.41, 5.74) is 0.602. The van der Waals surface area contributed by atoms with Gasteiger partial charge in [0.15, 0.2) is 11.0 Å². The van der Waals surface area contributed by atoms with Crippen molar-refractivity contribution < 1.29 is 9.59 Å². The number of aromatic nitrogens is 3. The third-order valence-electron chi connectivity index (χ3n) is 5.43. The number of carbonyl (C=O) groups excluding carboxylic acids is 2. The van der Waals surface area contributed by atoms with Crippen LogP contribution in [0.1, 0.15) is 61.8 Å². The molecule has 0 radical (unpaired) electrons. The number of carbonyl (C=O) groups is 2. The molecular formula is C21H29N5O2S. The molecule has 3 rings (SSSR count). The molecule has 1 aliphatic rings. The van der Waals surface area contributed by atoms with E-state index in [1.54, 1.807) is 12.1 Å². The molecule has 7 nitrogen and oxygen atoms in total. The maximum Gasteiger partial charge on any atom is 0.251 e. The molecule has 2 amide bonds. The molecule has 0 aliphatic heterocycles. The molecular weight excluding hydrogens is 386 g/mol. The first-order valence-corrected chi connectivity index (χ1v) is 11.1. The van der Waals surface area contributed by atoms with E-state index in [0.717, 1.165) is 6.42 Å². The molecule has 156 valence electrons. The average Bonchev–Trinajstić information content (AvgIpc) is 3.09. The van der Waals surface area contributed by atoms with E-state index in [1.807, 2.05) is 36.7 Å². The van der Waals surface area contributed by atoms with Crippen molar-refractivity contribution in [3.63, 3.8) is 0 Å². The predicted octanol–water partition coefficient (Wildman–Crippen LogP) is 3.09. The number of nitrogens with one attached hydrogen (secondary N) is 2. The van der Waals surface area contributed by atoms with Gasteiger partial charge < -0.3 is 15.2 Å². The molecule has 29 heavy (non-hydrogen) atoms. The fraction of sp³-hybridized carbons (Fsp3) is 0.524. The standard InChI is InChI=1S/C21H29N5O2S/c1-14-9-7-8-12-17(14)23-18(27)13-29-21-25-24-19(26(21)3)15(2)22-20(28)16-10-5-4-6-11-16/h4-6,10-11,14-15,17H,7-9,12-13H2,1-3H3,(H,22,28)(H,23,27)/t14-,15+,17+/m1/s1. The summed E-state index contributed by atoms with van der Waals surface area (Å²) in [5.74, 6) is 1.37. The van der Waals surface area contributed by atoms with E-state index >= 15 is 0 Å². The van der Waals surface area contributed by atoms with Gasteiger partial charge in [0.25, 0.3) is 5.91 Å². The Morgan fingerprint density at radius 1 is 1.21 bits per heavy atom. The van der Waals surface area contributed by atoms with Crippen LogP contribution in [0.4, 0.5) is 0 Å². The van der Waals surface area contributed by atoms with Crippen molar-refractivity contribution in [1.29, 1.82) is 0 Å². The number of thioether (sulfide) groups is 1. The van der Waals surface area contributed by atoms with Gasteiger partial charge in [-0.25, -0.2) is 0 Å². The van der Waals surface area contributed by atoms with E-state index in [2.05, 4.69) is 27.8 Å². The zero-order valence-electron chi connectivity index (χ0n) is 17.2. The minimum absolute atomic E-state index is 0.0312. The first-order chi connectivity index (χ1) is 14.0. The van der Waals surface area contributed by atoms with Crippen molar-refractivity contribution in [2.24, 2.45) is 13.0 Å². The van der Waals surface area contributed by atoms with Crippen molar-refractivity contribution in [3.05, 3.63) is 41.7 Å². The zero-order valence-corrected chi connectivity index (χ0v) is 18.0. The highest BCUT2D eigenvalue weighted by molar-refractivity contribution is 7.99. The maximum absolute atomic E-state index is 12.4. The summed E-state index contributed by atoms with van der Waals surface area (Å²) >= 11 is 1.36. The second-order valence-electron chi connectivity index (χ2n) is 7.69. The van der Waals surface area contributed by atoms with E-state index in [1.165, 1.54) is 31.0 Å². The van der Waals surface area contributed by atoms with Gasteiger partial charge >= 0.3 is 0 Å². The lowest BCUT2D eigenvalue weighted by Gasteiger charge is -2.29. The number of amides is 2. The van der Waals surface area contributed by atoms with Crippen molar-refractivity contribution in [1.82, 2.24) is 25.4 Å². The zero-order chi connectivity index (χ0) is 20.8. The Balaban J connectivity index is 1.53. The topological polar surface area (TPSA) is 88.9 Å². The Morgan fingerprint density at radius 3 is 2.66 bits per heavy atom. The van der Waals surface area contributed by atoms with Crippen LogP contribution in [0, 0.1) is 5.92 Å². The smallest absolute Gasteiger partial charge is 0.251 e. The molecule has 1 saturated carbocycles. The van der Waals surface area contributed by atoms with Crippen LogP contribution in [0.15, 0.2) is 35.5 Å². The van der Waals surface area contributed by atoms with Gasteiger partial charge in [0, 0.05) is 18.7 Å². The highest BCUT2D eigenvalue weighted by Gasteiger charge is 2.23. The predicted molar refractivity (Wildman–Crippen MR) is 114 cm³/mol. The molecule has 2 N–H and O–H groups in total. The van der Waals surface area contributed by atoms with Gasteiger partial charge in [-0.3, -0.25) is 9.59 Å². The summed E-state index contributed by atoms with van der Waals surface area (Å²) in [6.45, 7) is 4.08. The van der Waals surface area contributed by atoms with Crippen molar-refractivity contribution in [2.45, 2.75) is 56.8 Å². The van der Waals surface area contributed by atoms with Crippen LogP contribution in [0.5, 0.6) is 0 Å². The molecule has 8 heteroatoms. The lowest BCUT2D eigenvalue weighted by Crippen LogP contribution is -2.41. The fourth-order valence-electron chi connectivity index (χ4n) is 3.67. The largest absolute Gasteiger partial charge is 0.352 e. The lowest BCUT2D eigenvalue weighted by atomic mass is 9.86. The number of nitrogens with zero attached hydrogens (tertiary/aromatic N) is 3. The number of hydrogen-bond acceptors (Lipinski definition) is 5. The first-order valence-electron chi connectivity index (χ1n) is 10.1. The molecule has 1 fully saturated rings. The Labute approximate surface area is 176 Å². The molecule has 2 aromatic rings. The molecule has 0 saturated heterocycles. The van der Waals surface area contributed by atoms with E-state index in [9.17, 15) is 9.59 Å². The Hall–Kier alpha value is -2.35. The number of benzene rings is 1.